The van der Waals surface area contributed by atoms with Gasteiger partial charge >= 0.3 is 21.5 Å². The van der Waals surface area contributed by atoms with Gasteiger partial charge in [-0.05, 0) is 53.9 Å². The minimum atomic E-state index is -5.69. The molecule has 8 nitrogen and oxygen atoms in total. The molecular weight excluding hydrogens is 565 g/mol. The minimum absolute atomic E-state index is 0.134. The number of thiophene rings is 1. The van der Waals surface area contributed by atoms with E-state index in [-0.39, 0.29) is 16.2 Å². The molecule has 0 radical (unpaired) electrons. The Balaban J connectivity index is 1.58. The summed E-state index contributed by atoms with van der Waals surface area (Å²) in [6.45, 7) is 0. The van der Waals surface area contributed by atoms with Gasteiger partial charge < -0.3 is 5.11 Å². The molecule has 1 aliphatic carbocycles. The summed E-state index contributed by atoms with van der Waals surface area (Å²) in [5, 5.41) is 10.3. The topological polar surface area (TPSA) is 130 Å². The molecule has 0 bridgehead atoms. The first-order valence-corrected chi connectivity index (χ1v) is 14.1. The SMILES string of the molecule is O=C(O)[C@@]1(NS(=O)(=O)c2ccc(-c3ccc(Cl)cc3)s2)C[C@H]1c1cccc(NS(=O)(=O)C(F)(F)F)c1. The lowest BCUT2D eigenvalue weighted by molar-refractivity contribution is -0.140. The molecule has 1 saturated carbocycles. The van der Waals surface area contributed by atoms with Crippen molar-refractivity contribution in [1.29, 1.82) is 0 Å². The van der Waals surface area contributed by atoms with Crippen molar-refractivity contribution in [3.05, 3.63) is 71.2 Å². The van der Waals surface area contributed by atoms with Crippen molar-refractivity contribution in [2.24, 2.45) is 0 Å². The number of hydrogen-bond acceptors (Lipinski definition) is 6. The molecule has 15 heteroatoms. The van der Waals surface area contributed by atoms with E-state index in [9.17, 15) is 39.9 Å². The number of benzene rings is 2. The molecule has 1 fully saturated rings. The molecule has 2 atom stereocenters. The summed E-state index contributed by atoms with van der Waals surface area (Å²) in [7, 11) is -9.98. The molecule has 1 aromatic heterocycles. The standard InChI is InChI=1S/C21H16ClF3N2O6S3/c22-14-6-4-12(5-7-14)17-8-9-18(34-17)35(30,31)27-20(19(28)29)11-16(20)13-2-1-3-15(10-13)26-36(32,33)21(23,24)25/h1-10,16,26-27H,11H2,(H,28,29)/t16-,20+/m0/s1. The molecule has 2 aromatic carbocycles. The zero-order valence-corrected chi connectivity index (χ0v) is 21.0. The van der Waals surface area contributed by atoms with Crippen molar-refractivity contribution in [2.75, 3.05) is 4.72 Å². The highest BCUT2D eigenvalue weighted by Crippen LogP contribution is 2.53. The highest BCUT2D eigenvalue weighted by atomic mass is 35.5. The van der Waals surface area contributed by atoms with Crippen LogP contribution < -0.4 is 9.44 Å². The van der Waals surface area contributed by atoms with Crippen LogP contribution in [0.3, 0.4) is 0 Å². The third-order valence-electron chi connectivity index (χ3n) is 5.48. The third kappa shape index (κ3) is 5.09. The monoisotopic (exact) mass is 580 g/mol. The lowest BCUT2D eigenvalue weighted by Crippen LogP contribution is -2.44. The quantitative estimate of drug-likeness (QED) is 0.356. The molecule has 192 valence electrons. The molecule has 0 aliphatic heterocycles. The first kappa shape index (κ1) is 26.4. The first-order chi connectivity index (χ1) is 16.6. The van der Waals surface area contributed by atoms with Gasteiger partial charge in [0.15, 0.2) is 0 Å². The van der Waals surface area contributed by atoms with Gasteiger partial charge in [-0.3, -0.25) is 9.52 Å². The van der Waals surface area contributed by atoms with E-state index in [4.69, 9.17) is 11.6 Å². The normalized spacial score (nSPS) is 20.2. The van der Waals surface area contributed by atoms with Gasteiger partial charge in [0.25, 0.3) is 10.0 Å². The van der Waals surface area contributed by atoms with E-state index in [0.717, 1.165) is 23.5 Å². The molecular formula is C21H16ClF3N2O6S3. The maximum Gasteiger partial charge on any atom is 0.516 e. The fourth-order valence-electron chi connectivity index (χ4n) is 3.61. The molecule has 0 amide bonds. The molecule has 1 heterocycles. The van der Waals surface area contributed by atoms with Crippen molar-refractivity contribution in [3.63, 3.8) is 0 Å². The Morgan fingerprint density at radius 2 is 1.72 bits per heavy atom. The Morgan fingerprint density at radius 3 is 2.33 bits per heavy atom. The number of alkyl halides is 3. The smallest absolute Gasteiger partial charge is 0.480 e. The van der Waals surface area contributed by atoms with Crippen LogP contribution in [0.2, 0.25) is 5.02 Å². The minimum Gasteiger partial charge on any atom is -0.480 e. The van der Waals surface area contributed by atoms with E-state index in [1.54, 1.807) is 30.3 Å². The van der Waals surface area contributed by atoms with Gasteiger partial charge in [-0.1, -0.05) is 35.9 Å². The summed E-state index contributed by atoms with van der Waals surface area (Å²) in [4.78, 5) is 12.7. The van der Waals surface area contributed by atoms with Crippen LogP contribution in [0.1, 0.15) is 17.9 Å². The average Bonchev–Trinajstić information content (AvgIpc) is 3.27. The second-order valence-corrected chi connectivity index (χ2v) is 13.0. The number of nitrogens with one attached hydrogen (secondary N) is 2. The zero-order chi connectivity index (χ0) is 26.5. The van der Waals surface area contributed by atoms with E-state index in [1.165, 1.54) is 22.9 Å². The van der Waals surface area contributed by atoms with Crippen LogP contribution in [0.5, 0.6) is 0 Å². The van der Waals surface area contributed by atoms with Gasteiger partial charge in [0.1, 0.15) is 9.75 Å². The van der Waals surface area contributed by atoms with Gasteiger partial charge in [0.2, 0.25) is 0 Å². The summed E-state index contributed by atoms with van der Waals surface area (Å²) in [5.74, 6) is -2.43. The Hall–Kier alpha value is -2.65. The Morgan fingerprint density at radius 1 is 1.06 bits per heavy atom. The second-order valence-electron chi connectivity index (χ2n) is 7.94. The number of carbonyl (C=O) groups is 1. The highest BCUT2D eigenvalue weighted by Gasteiger charge is 2.63. The lowest BCUT2D eigenvalue weighted by atomic mass is 10.1. The van der Waals surface area contributed by atoms with E-state index >= 15 is 0 Å². The molecule has 3 aromatic rings. The Bertz CT molecular complexity index is 1540. The molecule has 3 N–H and O–H groups in total. The van der Waals surface area contributed by atoms with Crippen molar-refractivity contribution < 1.29 is 39.9 Å². The van der Waals surface area contributed by atoms with E-state index in [2.05, 4.69) is 4.72 Å². The van der Waals surface area contributed by atoms with Crippen LogP contribution in [0.4, 0.5) is 18.9 Å². The first-order valence-electron chi connectivity index (χ1n) is 9.97. The summed E-state index contributed by atoms with van der Waals surface area (Å²) in [5.41, 5.74) is -7.08. The molecule has 0 spiro atoms. The Labute approximate surface area is 212 Å². The highest BCUT2D eigenvalue weighted by molar-refractivity contribution is 7.93. The average molecular weight is 581 g/mol. The summed E-state index contributed by atoms with van der Waals surface area (Å²) < 4.78 is 90.4. The fraction of sp³-hybridized carbons (Fsp3) is 0.190. The number of aliphatic carboxylic acids is 1. The Kier molecular flexibility index (Phi) is 6.62. The molecule has 0 unspecified atom stereocenters. The predicted octanol–water partition coefficient (Wildman–Crippen LogP) is 4.62. The van der Waals surface area contributed by atoms with Crippen molar-refractivity contribution in [3.8, 4) is 10.4 Å². The lowest BCUT2D eigenvalue weighted by Gasteiger charge is -2.15. The summed E-state index contributed by atoms with van der Waals surface area (Å²) >= 11 is 6.79. The van der Waals surface area contributed by atoms with Crippen LogP contribution in [0.25, 0.3) is 10.4 Å². The molecule has 0 saturated heterocycles. The summed E-state index contributed by atoms with van der Waals surface area (Å²) in [6, 6.07) is 14.3. The maximum atomic E-state index is 13.0. The number of rotatable bonds is 8. The number of sulfonamides is 2. The van der Waals surface area contributed by atoms with E-state index in [1.807, 2.05) is 0 Å². The largest absolute Gasteiger partial charge is 0.516 e. The van der Waals surface area contributed by atoms with Crippen LogP contribution >= 0.6 is 22.9 Å². The van der Waals surface area contributed by atoms with Gasteiger partial charge in [-0.25, -0.2) is 8.42 Å². The maximum absolute atomic E-state index is 13.0. The fourth-order valence-corrected chi connectivity index (χ4v) is 7.01. The molecule has 36 heavy (non-hydrogen) atoms. The van der Waals surface area contributed by atoms with Crippen LogP contribution in [0, 0.1) is 0 Å². The molecule has 4 rings (SSSR count). The van der Waals surface area contributed by atoms with Gasteiger partial charge in [0.05, 0.1) is 0 Å². The van der Waals surface area contributed by atoms with E-state index in [0.29, 0.717) is 15.5 Å². The zero-order valence-electron chi connectivity index (χ0n) is 17.8. The van der Waals surface area contributed by atoms with Crippen LogP contribution in [-0.4, -0.2) is 39.0 Å². The van der Waals surface area contributed by atoms with Gasteiger partial charge in [-0.2, -0.15) is 26.3 Å². The molecule has 1 aliphatic rings. The number of hydrogen-bond donors (Lipinski definition) is 3. The number of carboxylic acid groups (broad SMARTS) is 1. The van der Waals surface area contributed by atoms with Gasteiger partial charge in [0, 0.05) is 21.5 Å². The van der Waals surface area contributed by atoms with Crippen molar-refractivity contribution in [1.82, 2.24) is 4.72 Å². The number of halogens is 4. The van der Waals surface area contributed by atoms with Crippen molar-refractivity contribution >= 4 is 54.6 Å². The third-order valence-corrected chi connectivity index (χ3v) is 9.98. The predicted molar refractivity (Wildman–Crippen MR) is 128 cm³/mol. The van der Waals surface area contributed by atoms with Crippen LogP contribution in [-0.2, 0) is 24.8 Å². The van der Waals surface area contributed by atoms with E-state index < -0.39 is 48.7 Å². The number of anilines is 1. The van der Waals surface area contributed by atoms with Crippen molar-refractivity contribution in [2.45, 2.75) is 27.6 Å². The number of carboxylic acids is 1. The second kappa shape index (κ2) is 9.03. The summed E-state index contributed by atoms with van der Waals surface area (Å²) in [6.07, 6.45) is -0.188. The van der Waals surface area contributed by atoms with Gasteiger partial charge in [-0.15, -0.1) is 11.3 Å². The van der Waals surface area contributed by atoms with Crippen LogP contribution in [0.15, 0.2) is 64.9 Å².